The zero-order valence-electron chi connectivity index (χ0n) is 16.2. The van der Waals surface area contributed by atoms with Gasteiger partial charge in [-0.1, -0.05) is 59.1 Å². The molecule has 1 saturated heterocycles. The fourth-order valence-corrected chi connectivity index (χ4v) is 3.76. The largest absolute Gasteiger partial charge is 0.374 e. The molecule has 1 aliphatic heterocycles. The van der Waals surface area contributed by atoms with Crippen LogP contribution in [-0.4, -0.2) is 43.2 Å². The van der Waals surface area contributed by atoms with E-state index in [2.05, 4.69) is 0 Å². The Kier molecular flexibility index (Phi) is 7.36. The number of hydrogen-bond acceptors (Lipinski definition) is 3. The lowest BCUT2D eigenvalue weighted by atomic mass is 9.98. The number of aryl methyl sites for hydroxylation is 1. The SMILES string of the molecule is Cc1ccc(C(C)C(=O)N2CCOC(COCc3c(Cl)cccc3Cl)C2)cc1. The maximum Gasteiger partial charge on any atom is 0.230 e. The topological polar surface area (TPSA) is 38.8 Å². The van der Waals surface area contributed by atoms with Crippen molar-refractivity contribution in [1.29, 1.82) is 0 Å². The summed E-state index contributed by atoms with van der Waals surface area (Å²) >= 11 is 12.3. The number of carbonyl (C=O) groups excluding carboxylic acids is 1. The monoisotopic (exact) mass is 421 g/mol. The van der Waals surface area contributed by atoms with Crippen molar-refractivity contribution in [3.8, 4) is 0 Å². The van der Waals surface area contributed by atoms with Crippen molar-refractivity contribution in [2.24, 2.45) is 0 Å². The van der Waals surface area contributed by atoms with Crippen molar-refractivity contribution in [2.45, 2.75) is 32.5 Å². The Hall–Kier alpha value is -1.59. The van der Waals surface area contributed by atoms with Gasteiger partial charge in [0.25, 0.3) is 0 Å². The zero-order valence-corrected chi connectivity index (χ0v) is 17.7. The number of carbonyl (C=O) groups is 1. The van der Waals surface area contributed by atoms with E-state index in [1.54, 1.807) is 18.2 Å². The van der Waals surface area contributed by atoms with Gasteiger partial charge in [-0.05, 0) is 31.5 Å². The summed E-state index contributed by atoms with van der Waals surface area (Å²) in [5.41, 5.74) is 2.98. The molecular weight excluding hydrogens is 397 g/mol. The van der Waals surface area contributed by atoms with E-state index in [4.69, 9.17) is 32.7 Å². The molecule has 3 rings (SSSR count). The molecule has 0 saturated carbocycles. The average Bonchev–Trinajstić information content (AvgIpc) is 2.70. The number of ether oxygens (including phenoxy) is 2. The first-order chi connectivity index (χ1) is 13.5. The van der Waals surface area contributed by atoms with Crippen LogP contribution in [0.2, 0.25) is 10.0 Å². The second kappa shape index (κ2) is 9.75. The number of hydrogen-bond donors (Lipinski definition) is 0. The van der Waals surface area contributed by atoms with Crippen LogP contribution in [0.25, 0.3) is 0 Å². The van der Waals surface area contributed by atoms with Crippen molar-refractivity contribution in [2.75, 3.05) is 26.3 Å². The van der Waals surface area contributed by atoms with E-state index in [9.17, 15) is 4.79 Å². The van der Waals surface area contributed by atoms with Crippen molar-refractivity contribution in [1.82, 2.24) is 4.90 Å². The average molecular weight is 422 g/mol. The Morgan fingerprint density at radius 2 is 1.89 bits per heavy atom. The number of rotatable bonds is 6. The van der Waals surface area contributed by atoms with Crippen LogP contribution in [0.1, 0.15) is 29.5 Å². The minimum atomic E-state index is -0.179. The summed E-state index contributed by atoms with van der Waals surface area (Å²) in [6.45, 7) is 6.31. The van der Waals surface area contributed by atoms with Crippen LogP contribution in [0.5, 0.6) is 0 Å². The van der Waals surface area contributed by atoms with Crippen LogP contribution in [-0.2, 0) is 20.9 Å². The first-order valence-electron chi connectivity index (χ1n) is 9.43. The molecule has 28 heavy (non-hydrogen) atoms. The third kappa shape index (κ3) is 5.26. The van der Waals surface area contributed by atoms with E-state index in [0.717, 1.165) is 11.1 Å². The predicted octanol–water partition coefficient (Wildman–Crippen LogP) is 4.85. The molecule has 1 heterocycles. The lowest BCUT2D eigenvalue weighted by molar-refractivity contribution is -0.142. The molecule has 150 valence electrons. The van der Waals surface area contributed by atoms with Crippen LogP contribution in [0, 0.1) is 6.92 Å². The number of benzene rings is 2. The molecule has 6 heteroatoms. The van der Waals surface area contributed by atoms with Crippen molar-refractivity contribution < 1.29 is 14.3 Å². The molecule has 0 N–H and O–H groups in total. The first kappa shape index (κ1) is 21.1. The van der Waals surface area contributed by atoms with Gasteiger partial charge in [0.2, 0.25) is 5.91 Å². The quantitative estimate of drug-likeness (QED) is 0.668. The molecule has 1 amide bonds. The smallest absolute Gasteiger partial charge is 0.230 e. The first-order valence-corrected chi connectivity index (χ1v) is 10.2. The highest BCUT2D eigenvalue weighted by molar-refractivity contribution is 6.35. The number of amides is 1. The third-order valence-corrected chi connectivity index (χ3v) is 5.72. The van der Waals surface area contributed by atoms with E-state index < -0.39 is 0 Å². The summed E-state index contributed by atoms with van der Waals surface area (Å²) in [7, 11) is 0. The molecule has 2 unspecified atom stereocenters. The van der Waals surface area contributed by atoms with Gasteiger partial charge in [-0.15, -0.1) is 0 Å². The highest BCUT2D eigenvalue weighted by Gasteiger charge is 2.28. The second-order valence-corrected chi connectivity index (χ2v) is 7.94. The Labute approximate surface area is 176 Å². The second-order valence-electron chi connectivity index (χ2n) is 7.12. The van der Waals surface area contributed by atoms with E-state index in [0.29, 0.717) is 43.0 Å². The molecular formula is C22H25Cl2NO3. The predicted molar refractivity (Wildman–Crippen MR) is 112 cm³/mol. The maximum absolute atomic E-state index is 12.9. The summed E-state index contributed by atoms with van der Waals surface area (Å²) in [5, 5.41) is 1.17. The number of nitrogens with zero attached hydrogens (tertiary/aromatic N) is 1. The zero-order chi connectivity index (χ0) is 20.1. The summed E-state index contributed by atoms with van der Waals surface area (Å²) in [6, 6.07) is 13.5. The molecule has 2 aromatic rings. The third-order valence-electron chi connectivity index (χ3n) is 5.01. The molecule has 2 aromatic carbocycles. The number of halogens is 2. The Balaban J connectivity index is 1.53. The van der Waals surface area contributed by atoms with Gasteiger partial charge < -0.3 is 14.4 Å². The standard InChI is InChI=1S/C22H25Cl2NO3/c1-15-6-8-17(9-7-15)16(2)22(26)25-10-11-28-18(12-25)13-27-14-19-20(23)4-3-5-21(19)24/h3-9,16,18H,10-14H2,1-2H3. The molecule has 1 aliphatic rings. The Morgan fingerprint density at radius 1 is 1.21 bits per heavy atom. The van der Waals surface area contributed by atoms with E-state index in [1.165, 1.54) is 5.56 Å². The van der Waals surface area contributed by atoms with Gasteiger partial charge in [0, 0.05) is 28.7 Å². The van der Waals surface area contributed by atoms with Crippen LogP contribution >= 0.6 is 23.2 Å². The highest BCUT2D eigenvalue weighted by Crippen LogP contribution is 2.25. The highest BCUT2D eigenvalue weighted by atomic mass is 35.5. The van der Waals surface area contributed by atoms with Gasteiger partial charge in [0.1, 0.15) is 0 Å². The van der Waals surface area contributed by atoms with Gasteiger partial charge in [0.05, 0.1) is 31.8 Å². The van der Waals surface area contributed by atoms with Crippen LogP contribution in [0.15, 0.2) is 42.5 Å². The van der Waals surface area contributed by atoms with E-state index in [-0.39, 0.29) is 17.9 Å². The van der Waals surface area contributed by atoms with Gasteiger partial charge in [0.15, 0.2) is 0 Å². The van der Waals surface area contributed by atoms with Crippen LogP contribution in [0.4, 0.5) is 0 Å². The molecule has 0 aromatic heterocycles. The molecule has 4 nitrogen and oxygen atoms in total. The molecule has 0 spiro atoms. The van der Waals surface area contributed by atoms with Gasteiger partial charge in [-0.2, -0.15) is 0 Å². The minimum absolute atomic E-state index is 0.117. The summed E-state index contributed by atoms with van der Waals surface area (Å²) in [6.07, 6.45) is -0.163. The Bertz CT molecular complexity index is 790. The fourth-order valence-electron chi connectivity index (χ4n) is 3.25. The summed E-state index contributed by atoms with van der Waals surface area (Å²) < 4.78 is 11.5. The summed E-state index contributed by atoms with van der Waals surface area (Å²) in [4.78, 5) is 14.8. The fraction of sp³-hybridized carbons (Fsp3) is 0.409. The number of morpholine rings is 1. The van der Waals surface area contributed by atoms with Crippen molar-refractivity contribution >= 4 is 29.1 Å². The van der Waals surface area contributed by atoms with Gasteiger partial charge >= 0.3 is 0 Å². The van der Waals surface area contributed by atoms with Gasteiger partial charge in [-0.3, -0.25) is 4.79 Å². The molecule has 0 bridgehead atoms. The molecule has 0 radical (unpaired) electrons. The van der Waals surface area contributed by atoms with Gasteiger partial charge in [-0.25, -0.2) is 0 Å². The molecule has 2 atom stereocenters. The van der Waals surface area contributed by atoms with Crippen molar-refractivity contribution in [3.63, 3.8) is 0 Å². The van der Waals surface area contributed by atoms with Crippen LogP contribution in [0.3, 0.4) is 0 Å². The molecule has 0 aliphatic carbocycles. The normalized spacial score (nSPS) is 18.1. The lowest BCUT2D eigenvalue weighted by Crippen LogP contribution is -2.48. The van der Waals surface area contributed by atoms with Crippen LogP contribution < -0.4 is 0 Å². The molecule has 1 fully saturated rings. The van der Waals surface area contributed by atoms with Crippen molar-refractivity contribution in [3.05, 3.63) is 69.2 Å². The van der Waals surface area contributed by atoms with E-state index >= 15 is 0 Å². The lowest BCUT2D eigenvalue weighted by Gasteiger charge is -2.34. The Morgan fingerprint density at radius 3 is 2.57 bits per heavy atom. The van der Waals surface area contributed by atoms with E-state index in [1.807, 2.05) is 43.0 Å². The maximum atomic E-state index is 12.9. The minimum Gasteiger partial charge on any atom is -0.374 e. The summed E-state index contributed by atoms with van der Waals surface area (Å²) in [5.74, 6) is -0.0616.